The number of nitrogens with one attached hydrogen (secondary N) is 1. The summed E-state index contributed by atoms with van der Waals surface area (Å²) in [6.07, 6.45) is 6.13. The molecule has 0 aliphatic heterocycles. The lowest BCUT2D eigenvalue weighted by atomic mass is 9.83. The lowest BCUT2D eigenvalue weighted by Gasteiger charge is -2.25. The normalized spacial score (nSPS) is 19.2. The molecule has 0 aromatic carbocycles. The third kappa shape index (κ3) is 3.67. The van der Waals surface area contributed by atoms with E-state index in [2.05, 4.69) is 21.2 Å². The van der Waals surface area contributed by atoms with E-state index in [9.17, 15) is 4.79 Å². The monoisotopic (exact) mass is 247 g/mol. The molecule has 13 heavy (non-hydrogen) atoms. The highest BCUT2D eigenvalue weighted by atomic mass is 79.9. The zero-order valence-corrected chi connectivity index (χ0v) is 9.77. The summed E-state index contributed by atoms with van der Waals surface area (Å²) >= 11 is 3.33. The Morgan fingerprint density at radius 2 is 2.31 bits per heavy atom. The second-order valence-corrected chi connectivity index (χ2v) is 4.86. The molecule has 0 spiro atoms. The molecule has 0 radical (unpaired) electrons. The lowest BCUT2D eigenvalue weighted by Crippen LogP contribution is -2.32. The van der Waals surface area contributed by atoms with Crippen LogP contribution in [0.15, 0.2) is 0 Å². The van der Waals surface area contributed by atoms with Crippen LogP contribution in [-0.4, -0.2) is 17.3 Å². The minimum absolute atomic E-state index is 0.00566. The molecule has 1 rings (SSSR count). The van der Waals surface area contributed by atoms with Gasteiger partial charge < -0.3 is 5.32 Å². The van der Waals surface area contributed by atoms with Gasteiger partial charge in [0.25, 0.3) is 0 Å². The highest BCUT2D eigenvalue weighted by Crippen LogP contribution is 2.28. The lowest BCUT2D eigenvalue weighted by molar-refractivity contribution is -0.120. The molecule has 1 saturated carbocycles. The van der Waals surface area contributed by atoms with Gasteiger partial charge >= 0.3 is 0 Å². The maximum atomic E-state index is 11.3. The maximum Gasteiger partial charge on any atom is 0.233 e. The van der Waals surface area contributed by atoms with Gasteiger partial charge in [0.15, 0.2) is 0 Å². The average molecular weight is 248 g/mol. The summed E-state index contributed by atoms with van der Waals surface area (Å²) in [4.78, 5) is 11.3. The van der Waals surface area contributed by atoms with Crippen molar-refractivity contribution in [3.63, 3.8) is 0 Å². The van der Waals surface area contributed by atoms with Crippen LogP contribution >= 0.6 is 15.9 Å². The van der Waals surface area contributed by atoms with Crippen LogP contribution in [0.5, 0.6) is 0 Å². The van der Waals surface area contributed by atoms with Crippen LogP contribution in [-0.2, 0) is 4.79 Å². The molecule has 1 unspecified atom stereocenters. The zero-order chi connectivity index (χ0) is 9.68. The van der Waals surface area contributed by atoms with Gasteiger partial charge in [0.1, 0.15) is 0 Å². The molecule has 1 amide bonds. The smallest absolute Gasteiger partial charge is 0.233 e. The van der Waals surface area contributed by atoms with Crippen molar-refractivity contribution in [2.45, 2.75) is 43.9 Å². The van der Waals surface area contributed by atoms with Crippen molar-refractivity contribution >= 4 is 21.8 Å². The predicted molar refractivity (Wildman–Crippen MR) is 58.0 cm³/mol. The van der Waals surface area contributed by atoms with Gasteiger partial charge in [-0.3, -0.25) is 4.79 Å². The Morgan fingerprint density at radius 3 is 2.77 bits per heavy atom. The number of hydrogen-bond donors (Lipinski definition) is 1. The van der Waals surface area contributed by atoms with Crippen LogP contribution < -0.4 is 5.32 Å². The van der Waals surface area contributed by atoms with E-state index in [0.29, 0.717) is 0 Å². The summed E-state index contributed by atoms with van der Waals surface area (Å²) in [7, 11) is 0. The molecule has 1 N–H and O–H groups in total. The predicted octanol–water partition coefficient (Wildman–Crippen LogP) is 2.47. The van der Waals surface area contributed by atoms with Gasteiger partial charge in [-0.2, -0.15) is 0 Å². The van der Waals surface area contributed by atoms with E-state index in [1.54, 1.807) is 0 Å². The van der Waals surface area contributed by atoms with Crippen LogP contribution in [0.4, 0.5) is 0 Å². The first-order chi connectivity index (χ1) is 6.24. The van der Waals surface area contributed by atoms with Gasteiger partial charge in [0, 0.05) is 6.54 Å². The molecular formula is C10H18BrNO. The number of amides is 1. The van der Waals surface area contributed by atoms with Crippen LogP contribution in [0, 0.1) is 5.92 Å². The van der Waals surface area contributed by atoms with Gasteiger partial charge in [-0.25, -0.2) is 0 Å². The Labute approximate surface area is 88.6 Å². The number of alkyl halides is 1. The number of rotatable bonds is 5. The molecule has 0 heterocycles. The largest absolute Gasteiger partial charge is 0.355 e. The summed E-state index contributed by atoms with van der Waals surface area (Å²) in [5.41, 5.74) is 0. The third-order valence-corrected chi connectivity index (χ3v) is 3.78. The van der Waals surface area contributed by atoms with Crippen molar-refractivity contribution in [3.8, 4) is 0 Å². The Morgan fingerprint density at radius 1 is 1.62 bits per heavy atom. The standard InChI is InChI=1S/C10H18BrNO/c1-2-9(11)10(13)12-7-6-8-4-3-5-8/h8-9H,2-7H2,1H3,(H,12,13). The van der Waals surface area contributed by atoms with Crippen LogP contribution in [0.1, 0.15) is 39.0 Å². The van der Waals surface area contributed by atoms with Crippen molar-refractivity contribution in [2.75, 3.05) is 6.54 Å². The van der Waals surface area contributed by atoms with Crippen LogP contribution in [0.25, 0.3) is 0 Å². The fourth-order valence-electron chi connectivity index (χ4n) is 1.48. The first-order valence-corrected chi connectivity index (χ1v) is 6.07. The molecule has 1 aliphatic rings. The molecule has 0 aromatic heterocycles. The number of halogens is 1. The minimum atomic E-state index is -0.00566. The van der Waals surface area contributed by atoms with Gasteiger partial charge in [-0.05, 0) is 18.8 Å². The van der Waals surface area contributed by atoms with Crippen molar-refractivity contribution in [2.24, 2.45) is 5.92 Å². The topological polar surface area (TPSA) is 29.1 Å². The van der Waals surface area contributed by atoms with Crippen LogP contribution in [0.2, 0.25) is 0 Å². The van der Waals surface area contributed by atoms with Crippen molar-refractivity contribution in [1.29, 1.82) is 0 Å². The van der Waals surface area contributed by atoms with E-state index in [-0.39, 0.29) is 10.7 Å². The number of carbonyl (C=O) groups excluding carboxylic acids is 1. The molecule has 1 atom stereocenters. The van der Waals surface area contributed by atoms with Crippen molar-refractivity contribution in [1.82, 2.24) is 5.32 Å². The molecule has 1 aliphatic carbocycles. The molecule has 76 valence electrons. The van der Waals surface area contributed by atoms with E-state index in [1.165, 1.54) is 19.3 Å². The van der Waals surface area contributed by atoms with Gasteiger partial charge in [-0.1, -0.05) is 42.1 Å². The fourth-order valence-corrected chi connectivity index (χ4v) is 1.64. The summed E-state index contributed by atoms with van der Waals surface area (Å²) in [6.45, 7) is 2.86. The van der Waals surface area contributed by atoms with Crippen LogP contribution in [0.3, 0.4) is 0 Å². The van der Waals surface area contributed by atoms with E-state index < -0.39 is 0 Å². The van der Waals surface area contributed by atoms with Crippen molar-refractivity contribution < 1.29 is 4.79 Å². The van der Waals surface area contributed by atoms with Gasteiger partial charge in [0.2, 0.25) is 5.91 Å². The van der Waals surface area contributed by atoms with Crippen molar-refractivity contribution in [3.05, 3.63) is 0 Å². The van der Waals surface area contributed by atoms with E-state index in [0.717, 1.165) is 25.3 Å². The fraction of sp³-hybridized carbons (Fsp3) is 0.900. The summed E-state index contributed by atoms with van der Waals surface area (Å²) in [6, 6.07) is 0. The Balaban J connectivity index is 2.00. The Kier molecular flexibility index (Phi) is 4.78. The molecule has 1 fully saturated rings. The highest BCUT2D eigenvalue weighted by Gasteiger charge is 2.17. The molecule has 0 saturated heterocycles. The van der Waals surface area contributed by atoms with E-state index in [1.807, 2.05) is 6.92 Å². The van der Waals surface area contributed by atoms with Gasteiger partial charge in [-0.15, -0.1) is 0 Å². The molecular weight excluding hydrogens is 230 g/mol. The highest BCUT2D eigenvalue weighted by molar-refractivity contribution is 9.10. The zero-order valence-electron chi connectivity index (χ0n) is 8.18. The quantitative estimate of drug-likeness (QED) is 0.744. The first-order valence-electron chi connectivity index (χ1n) is 5.15. The second kappa shape index (κ2) is 5.63. The summed E-state index contributed by atoms with van der Waals surface area (Å²) in [5.74, 6) is 1.03. The minimum Gasteiger partial charge on any atom is -0.355 e. The summed E-state index contributed by atoms with van der Waals surface area (Å²) in [5, 5.41) is 2.95. The third-order valence-electron chi connectivity index (χ3n) is 2.72. The molecule has 0 aromatic rings. The van der Waals surface area contributed by atoms with E-state index >= 15 is 0 Å². The molecule has 3 heteroatoms. The summed E-state index contributed by atoms with van der Waals surface area (Å²) < 4.78 is 0. The first kappa shape index (κ1) is 11.0. The number of carbonyl (C=O) groups is 1. The second-order valence-electron chi connectivity index (χ2n) is 3.75. The maximum absolute atomic E-state index is 11.3. The van der Waals surface area contributed by atoms with Gasteiger partial charge in [0.05, 0.1) is 4.83 Å². The Hall–Kier alpha value is -0.0500. The SMILES string of the molecule is CCC(Br)C(=O)NCCC1CCC1. The van der Waals surface area contributed by atoms with E-state index in [4.69, 9.17) is 0 Å². The Bertz CT molecular complexity index is 168. The number of hydrogen-bond acceptors (Lipinski definition) is 1. The molecule has 2 nitrogen and oxygen atoms in total. The average Bonchev–Trinajstić information content (AvgIpc) is 2.07. The molecule has 0 bridgehead atoms.